The van der Waals surface area contributed by atoms with E-state index in [4.69, 9.17) is 25.8 Å². The minimum Gasteiger partial charge on any atom is -0.488 e. The van der Waals surface area contributed by atoms with Crippen molar-refractivity contribution in [3.63, 3.8) is 0 Å². The number of fused-ring (bicyclic) bond motifs is 2. The summed E-state index contributed by atoms with van der Waals surface area (Å²) in [6.07, 6.45) is 2.15. The zero-order valence-corrected chi connectivity index (χ0v) is 19.0. The fraction of sp³-hybridized carbons (Fsp3) is 0.381. The molecule has 2 aliphatic rings. The minimum atomic E-state index is -0.481. The molecule has 2 N–H and O–H groups in total. The Hall–Kier alpha value is -3.64. The summed E-state index contributed by atoms with van der Waals surface area (Å²) in [5.41, 5.74) is 0.963. The summed E-state index contributed by atoms with van der Waals surface area (Å²) in [5, 5.41) is 6.63. The summed E-state index contributed by atoms with van der Waals surface area (Å²) in [7, 11) is 1.64. The molecule has 12 nitrogen and oxygen atoms in total. The minimum absolute atomic E-state index is 0.181. The monoisotopic (exact) mass is 487 g/mol. The first kappa shape index (κ1) is 22.2. The van der Waals surface area contributed by atoms with Gasteiger partial charge in [-0.25, -0.2) is 14.8 Å². The molecule has 0 spiro atoms. The van der Waals surface area contributed by atoms with E-state index < -0.39 is 6.09 Å². The lowest BCUT2D eigenvalue weighted by atomic mass is 10.3. The van der Waals surface area contributed by atoms with Gasteiger partial charge in [0.25, 0.3) is 11.4 Å². The van der Waals surface area contributed by atoms with Crippen molar-refractivity contribution in [1.29, 1.82) is 0 Å². The standard InChI is InChI=1S/C21H22ClN7O5/c1-28-16(30)3-2-14-17(28)18(13(22)9-25-14)32-6-4-23-8-12-11-29(21(31)34-12)15-10-26-20-19(27-15)24-5-7-33-20/h2-3,9-10,12,23H,4-8,11H2,1H3,(H,24,27). The molecule has 178 valence electrons. The summed E-state index contributed by atoms with van der Waals surface area (Å²) < 4.78 is 18.2. The molecule has 34 heavy (non-hydrogen) atoms. The summed E-state index contributed by atoms with van der Waals surface area (Å²) in [4.78, 5) is 38.6. The van der Waals surface area contributed by atoms with Gasteiger partial charge in [0.1, 0.15) is 29.9 Å². The van der Waals surface area contributed by atoms with Crippen molar-refractivity contribution in [3.8, 4) is 11.6 Å². The van der Waals surface area contributed by atoms with Gasteiger partial charge in [-0.05, 0) is 6.07 Å². The highest BCUT2D eigenvalue weighted by Crippen LogP contribution is 2.31. The number of anilines is 2. The van der Waals surface area contributed by atoms with E-state index in [-0.39, 0.29) is 18.3 Å². The van der Waals surface area contributed by atoms with Crippen LogP contribution in [0.25, 0.3) is 11.0 Å². The van der Waals surface area contributed by atoms with Gasteiger partial charge < -0.3 is 29.4 Å². The van der Waals surface area contributed by atoms with Crippen LogP contribution in [0.5, 0.6) is 11.6 Å². The smallest absolute Gasteiger partial charge is 0.416 e. The van der Waals surface area contributed by atoms with Gasteiger partial charge in [-0.3, -0.25) is 14.7 Å². The second-order valence-electron chi connectivity index (χ2n) is 7.73. The van der Waals surface area contributed by atoms with Crippen molar-refractivity contribution in [3.05, 3.63) is 39.9 Å². The number of nitrogens with one attached hydrogen (secondary N) is 2. The molecule has 0 bridgehead atoms. The van der Waals surface area contributed by atoms with Gasteiger partial charge in [0.2, 0.25) is 0 Å². The Morgan fingerprint density at radius 1 is 1.29 bits per heavy atom. The van der Waals surface area contributed by atoms with Crippen LogP contribution in [0, 0.1) is 0 Å². The Balaban J connectivity index is 1.15. The second-order valence-corrected chi connectivity index (χ2v) is 8.13. The maximum Gasteiger partial charge on any atom is 0.416 e. The first-order chi connectivity index (χ1) is 16.5. The molecule has 1 fully saturated rings. The molecule has 0 saturated carbocycles. The summed E-state index contributed by atoms with van der Waals surface area (Å²) >= 11 is 6.27. The van der Waals surface area contributed by atoms with E-state index in [0.717, 1.165) is 0 Å². The maximum atomic E-state index is 12.3. The maximum absolute atomic E-state index is 12.3. The van der Waals surface area contributed by atoms with Gasteiger partial charge in [0.15, 0.2) is 17.4 Å². The second kappa shape index (κ2) is 9.31. The predicted molar refractivity (Wildman–Crippen MR) is 124 cm³/mol. The SMILES string of the molecule is Cn1c(=O)ccc2ncc(Cl)c(OCCNCC3CN(c4cnc5c(n4)NCCO5)C(=O)O3)c21. The van der Waals surface area contributed by atoms with Crippen LogP contribution in [0.4, 0.5) is 16.4 Å². The molecule has 1 amide bonds. The number of aromatic nitrogens is 4. The van der Waals surface area contributed by atoms with E-state index in [1.54, 1.807) is 13.1 Å². The molecule has 0 aromatic carbocycles. The Bertz CT molecular complexity index is 1300. The van der Waals surface area contributed by atoms with Crippen LogP contribution < -0.4 is 30.6 Å². The van der Waals surface area contributed by atoms with E-state index in [1.807, 2.05) is 0 Å². The van der Waals surface area contributed by atoms with Crippen molar-refractivity contribution >= 4 is 40.4 Å². The first-order valence-corrected chi connectivity index (χ1v) is 11.1. The van der Waals surface area contributed by atoms with Crippen LogP contribution in [0.3, 0.4) is 0 Å². The third-order valence-electron chi connectivity index (χ3n) is 5.45. The number of aryl methyl sites for hydroxylation is 1. The molecule has 5 heterocycles. The topological polar surface area (TPSA) is 133 Å². The fourth-order valence-electron chi connectivity index (χ4n) is 3.77. The summed E-state index contributed by atoms with van der Waals surface area (Å²) in [5.74, 6) is 1.73. The highest BCUT2D eigenvalue weighted by Gasteiger charge is 2.33. The van der Waals surface area contributed by atoms with Crippen LogP contribution in [0.2, 0.25) is 5.02 Å². The first-order valence-electron chi connectivity index (χ1n) is 10.7. The van der Waals surface area contributed by atoms with Gasteiger partial charge in [-0.15, -0.1) is 0 Å². The molecule has 3 aromatic rings. The Morgan fingerprint density at radius 2 is 2.18 bits per heavy atom. The molecule has 1 atom stereocenters. The molecule has 1 unspecified atom stereocenters. The average Bonchev–Trinajstić information content (AvgIpc) is 3.22. The van der Waals surface area contributed by atoms with E-state index in [0.29, 0.717) is 72.1 Å². The molecule has 0 aliphatic carbocycles. The van der Waals surface area contributed by atoms with Gasteiger partial charge in [0, 0.05) is 26.2 Å². The van der Waals surface area contributed by atoms with Crippen LogP contribution in [-0.4, -0.2) is 71.1 Å². The van der Waals surface area contributed by atoms with Gasteiger partial charge in [-0.2, -0.15) is 0 Å². The van der Waals surface area contributed by atoms with Crippen molar-refractivity contribution in [2.24, 2.45) is 7.05 Å². The predicted octanol–water partition coefficient (Wildman–Crippen LogP) is 1.18. The largest absolute Gasteiger partial charge is 0.488 e. The molecule has 0 radical (unpaired) electrons. The molecular formula is C21H22ClN7O5. The lowest BCUT2D eigenvalue weighted by molar-refractivity contribution is 0.139. The Morgan fingerprint density at radius 3 is 3.06 bits per heavy atom. The number of hydrogen-bond acceptors (Lipinski definition) is 10. The summed E-state index contributed by atoms with van der Waals surface area (Å²) in [6, 6.07) is 3.08. The number of carbonyl (C=O) groups excluding carboxylic acids is 1. The summed E-state index contributed by atoms with van der Waals surface area (Å²) in [6.45, 7) is 2.66. The van der Waals surface area contributed by atoms with Crippen LogP contribution in [-0.2, 0) is 11.8 Å². The van der Waals surface area contributed by atoms with Crippen molar-refractivity contribution in [2.45, 2.75) is 6.10 Å². The van der Waals surface area contributed by atoms with E-state index >= 15 is 0 Å². The number of halogens is 1. The van der Waals surface area contributed by atoms with Crippen molar-refractivity contribution in [1.82, 2.24) is 24.8 Å². The molecule has 13 heteroatoms. The molecule has 2 aliphatic heterocycles. The normalized spacial score (nSPS) is 17.2. The van der Waals surface area contributed by atoms with Gasteiger partial charge in [-0.1, -0.05) is 11.6 Å². The van der Waals surface area contributed by atoms with Gasteiger partial charge in [0.05, 0.1) is 31.0 Å². The third-order valence-corrected chi connectivity index (χ3v) is 5.72. The van der Waals surface area contributed by atoms with Crippen LogP contribution in [0.15, 0.2) is 29.3 Å². The molecule has 1 saturated heterocycles. The van der Waals surface area contributed by atoms with Crippen LogP contribution in [0.1, 0.15) is 0 Å². The number of nitrogens with zero attached hydrogens (tertiary/aromatic N) is 5. The number of cyclic esters (lactones) is 1. The lowest BCUT2D eigenvalue weighted by Gasteiger charge is -2.19. The average molecular weight is 488 g/mol. The number of rotatable bonds is 7. The third kappa shape index (κ3) is 4.29. The highest BCUT2D eigenvalue weighted by atomic mass is 35.5. The number of amides is 1. The van der Waals surface area contributed by atoms with E-state index in [9.17, 15) is 9.59 Å². The van der Waals surface area contributed by atoms with Gasteiger partial charge >= 0.3 is 6.09 Å². The van der Waals surface area contributed by atoms with E-state index in [2.05, 4.69) is 25.6 Å². The zero-order chi connectivity index (χ0) is 23.7. The Kier molecular flexibility index (Phi) is 6.07. The fourth-order valence-corrected chi connectivity index (χ4v) is 3.96. The number of ether oxygens (including phenoxy) is 3. The Labute approximate surface area is 198 Å². The van der Waals surface area contributed by atoms with Crippen molar-refractivity contribution < 1.29 is 19.0 Å². The van der Waals surface area contributed by atoms with Crippen LogP contribution >= 0.6 is 11.6 Å². The molecular weight excluding hydrogens is 466 g/mol. The quantitative estimate of drug-likeness (QED) is 0.468. The highest BCUT2D eigenvalue weighted by molar-refractivity contribution is 6.32. The molecule has 5 rings (SSSR count). The lowest BCUT2D eigenvalue weighted by Crippen LogP contribution is -2.33. The van der Waals surface area contributed by atoms with E-state index in [1.165, 1.54) is 27.9 Å². The number of hydrogen-bond donors (Lipinski definition) is 2. The molecule has 3 aromatic heterocycles. The van der Waals surface area contributed by atoms with Crippen molar-refractivity contribution in [2.75, 3.05) is 49.6 Å². The number of pyridine rings is 2. The zero-order valence-electron chi connectivity index (χ0n) is 18.3. The number of carbonyl (C=O) groups is 1.